The molecule has 0 aliphatic rings. The first-order chi connectivity index (χ1) is 7.03. The predicted octanol–water partition coefficient (Wildman–Crippen LogP) is 2.28. The van der Waals surface area contributed by atoms with Crippen molar-refractivity contribution in [2.45, 2.75) is 38.4 Å². The highest BCUT2D eigenvalue weighted by atomic mass is 19.4. The van der Waals surface area contributed by atoms with Crippen molar-refractivity contribution in [3.05, 3.63) is 17.5 Å². The van der Waals surface area contributed by atoms with E-state index in [0.29, 0.717) is 5.69 Å². The van der Waals surface area contributed by atoms with Gasteiger partial charge in [-0.2, -0.15) is 18.3 Å². The van der Waals surface area contributed by atoms with Crippen LogP contribution in [-0.4, -0.2) is 16.0 Å². The van der Waals surface area contributed by atoms with Gasteiger partial charge in [-0.05, 0) is 6.07 Å². The van der Waals surface area contributed by atoms with Gasteiger partial charge in [-0.25, -0.2) is 0 Å². The summed E-state index contributed by atoms with van der Waals surface area (Å²) in [5, 5.41) is 4.05. The van der Waals surface area contributed by atoms with E-state index in [1.807, 2.05) is 20.8 Å². The average Bonchev–Trinajstić information content (AvgIpc) is 2.43. The third-order valence-electron chi connectivity index (χ3n) is 2.36. The quantitative estimate of drug-likeness (QED) is 0.811. The minimum Gasteiger partial charge on any atom is -0.315 e. The van der Waals surface area contributed by atoms with Crippen LogP contribution < -0.4 is 5.73 Å². The van der Waals surface area contributed by atoms with E-state index in [0.717, 1.165) is 0 Å². The van der Waals surface area contributed by atoms with Gasteiger partial charge in [0, 0.05) is 12.5 Å². The Morgan fingerprint density at radius 3 is 2.12 bits per heavy atom. The molecule has 0 amide bonds. The third-order valence-corrected chi connectivity index (χ3v) is 2.36. The number of aromatic nitrogens is 2. The molecular formula is C10H16F3N3. The number of hydrogen-bond acceptors (Lipinski definition) is 2. The maximum Gasteiger partial charge on any atom is 0.409 e. The Labute approximate surface area is 92.4 Å². The van der Waals surface area contributed by atoms with Gasteiger partial charge in [0.25, 0.3) is 0 Å². The highest BCUT2D eigenvalue weighted by molar-refractivity contribution is 5.20. The fourth-order valence-electron chi connectivity index (χ4n) is 1.31. The van der Waals surface area contributed by atoms with Gasteiger partial charge in [0.05, 0.1) is 11.4 Å². The lowest BCUT2D eigenvalue weighted by atomic mass is 9.92. The summed E-state index contributed by atoms with van der Waals surface area (Å²) in [7, 11) is 1.47. The molecule has 1 atom stereocenters. The number of nitrogens with zero attached hydrogens (tertiary/aromatic N) is 2. The van der Waals surface area contributed by atoms with Crippen molar-refractivity contribution in [2.24, 2.45) is 12.8 Å². The molecule has 0 radical (unpaired) electrons. The van der Waals surface area contributed by atoms with Crippen LogP contribution in [0.4, 0.5) is 13.2 Å². The smallest absolute Gasteiger partial charge is 0.315 e. The topological polar surface area (TPSA) is 43.8 Å². The highest BCUT2D eigenvalue weighted by Gasteiger charge is 2.40. The standard InChI is InChI=1S/C10H16F3N3/c1-9(2,3)7-5-6(16(4)15-7)8(14)10(11,12)13/h5,8H,14H2,1-4H3. The van der Waals surface area contributed by atoms with Gasteiger partial charge in [0.2, 0.25) is 0 Å². The SMILES string of the molecule is Cn1nc(C(C)(C)C)cc1C(N)C(F)(F)F. The van der Waals surface area contributed by atoms with Gasteiger partial charge < -0.3 is 5.73 Å². The Hall–Kier alpha value is -1.04. The first kappa shape index (κ1) is 13.0. The molecule has 3 nitrogen and oxygen atoms in total. The Balaban J connectivity index is 3.13. The molecule has 1 unspecified atom stereocenters. The van der Waals surface area contributed by atoms with Crippen LogP contribution in [0.2, 0.25) is 0 Å². The summed E-state index contributed by atoms with van der Waals surface area (Å²) < 4.78 is 38.6. The molecule has 0 spiro atoms. The number of rotatable bonds is 1. The summed E-state index contributed by atoms with van der Waals surface area (Å²) >= 11 is 0. The van der Waals surface area contributed by atoms with E-state index in [-0.39, 0.29) is 11.1 Å². The molecule has 6 heteroatoms. The Morgan fingerprint density at radius 2 is 1.81 bits per heavy atom. The maximum atomic E-state index is 12.5. The summed E-state index contributed by atoms with van der Waals surface area (Å²) in [5.74, 6) is 0. The molecule has 0 bridgehead atoms. The first-order valence-corrected chi connectivity index (χ1v) is 4.90. The van der Waals surface area contributed by atoms with Gasteiger partial charge in [0.15, 0.2) is 0 Å². The van der Waals surface area contributed by atoms with Crippen molar-refractivity contribution >= 4 is 0 Å². The molecule has 1 heterocycles. The first-order valence-electron chi connectivity index (χ1n) is 4.90. The van der Waals surface area contributed by atoms with Crippen molar-refractivity contribution in [3.63, 3.8) is 0 Å². The normalized spacial score (nSPS) is 15.2. The molecule has 0 fully saturated rings. The third kappa shape index (κ3) is 2.55. The zero-order valence-corrected chi connectivity index (χ0v) is 9.76. The zero-order valence-electron chi connectivity index (χ0n) is 9.76. The maximum absolute atomic E-state index is 12.5. The van der Waals surface area contributed by atoms with E-state index < -0.39 is 12.2 Å². The largest absolute Gasteiger partial charge is 0.409 e. The van der Waals surface area contributed by atoms with Crippen molar-refractivity contribution in [3.8, 4) is 0 Å². The van der Waals surface area contributed by atoms with E-state index >= 15 is 0 Å². The molecule has 92 valence electrons. The summed E-state index contributed by atoms with van der Waals surface area (Å²) in [5.41, 5.74) is 5.44. The predicted molar refractivity (Wildman–Crippen MR) is 54.9 cm³/mol. The molecule has 0 saturated carbocycles. The fourth-order valence-corrected chi connectivity index (χ4v) is 1.31. The molecule has 0 aliphatic carbocycles. The van der Waals surface area contributed by atoms with E-state index in [2.05, 4.69) is 5.10 Å². The molecule has 16 heavy (non-hydrogen) atoms. The number of halogens is 3. The number of aryl methyl sites for hydroxylation is 1. The molecule has 2 N–H and O–H groups in total. The summed E-state index contributed by atoms with van der Waals surface area (Å²) in [6, 6.07) is -0.570. The highest BCUT2D eigenvalue weighted by Crippen LogP contribution is 2.32. The van der Waals surface area contributed by atoms with Gasteiger partial charge in [-0.1, -0.05) is 20.8 Å². The minimum atomic E-state index is -4.44. The Morgan fingerprint density at radius 1 is 1.31 bits per heavy atom. The van der Waals surface area contributed by atoms with Crippen LogP contribution in [0.3, 0.4) is 0 Å². The number of nitrogens with two attached hydrogens (primary N) is 1. The van der Waals surface area contributed by atoms with Crippen LogP contribution in [0.1, 0.15) is 38.2 Å². The minimum absolute atomic E-state index is 0.0163. The molecule has 0 aliphatic heterocycles. The Bertz CT molecular complexity index is 374. The van der Waals surface area contributed by atoms with E-state index in [4.69, 9.17) is 5.73 Å². The van der Waals surface area contributed by atoms with Crippen molar-refractivity contribution in [2.75, 3.05) is 0 Å². The van der Waals surface area contributed by atoms with Crippen LogP contribution in [0.5, 0.6) is 0 Å². The summed E-state index contributed by atoms with van der Waals surface area (Å²) in [6.45, 7) is 5.66. The van der Waals surface area contributed by atoms with Crippen LogP contribution in [0.15, 0.2) is 6.07 Å². The molecule has 1 aromatic heterocycles. The van der Waals surface area contributed by atoms with Crippen LogP contribution >= 0.6 is 0 Å². The summed E-state index contributed by atoms with van der Waals surface area (Å²) in [4.78, 5) is 0. The van der Waals surface area contributed by atoms with Crippen molar-refractivity contribution in [1.29, 1.82) is 0 Å². The van der Waals surface area contributed by atoms with E-state index in [9.17, 15) is 13.2 Å². The monoisotopic (exact) mass is 235 g/mol. The summed E-state index contributed by atoms with van der Waals surface area (Å²) in [6.07, 6.45) is -4.44. The second-order valence-corrected chi connectivity index (χ2v) is 4.85. The number of hydrogen-bond donors (Lipinski definition) is 1. The van der Waals surface area contributed by atoms with Crippen LogP contribution in [0.25, 0.3) is 0 Å². The van der Waals surface area contributed by atoms with Gasteiger partial charge in [-0.3, -0.25) is 4.68 Å². The lowest BCUT2D eigenvalue weighted by Crippen LogP contribution is -2.30. The zero-order chi connectivity index (χ0) is 12.7. The van der Waals surface area contributed by atoms with Gasteiger partial charge in [0.1, 0.15) is 6.04 Å². The van der Waals surface area contributed by atoms with Gasteiger partial charge in [-0.15, -0.1) is 0 Å². The van der Waals surface area contributed by atoms with Crippen molar-refractivity contribution in [1.82, 2.24) is 9.78 Å². The van der Waals surface area contributed by atoms with Crippen molar-refractivity contribution < 1.29 is 13.2 Å². The van der Waals surface area contributed by atoms with Gasteiger partial charge >= 0.3 is 6.18 Å². The molecule has 1 rings (SSSR count). The van der Waals surface area contributed by atoms with Crippen LogP contribution in [-0.2, 0) is 12.5 Å². The van der Waals surface area contributed by atoms with E-state index in [1.54, 1.807) is 0 Å². The lowest BCUT2D eigenvalue weighted by Gasteiger charge is -2.15. The number of alkyl halides is 3. The second-order valence-electron chi connectivity index (χ2n) is 4.85. The Kier molecular flexibility index (Phi) is 3.06. The molecule has 0 saturated heterocycles. The molecule has 1 aromatic rings. The van der Waals surface area contributed by atoms with Crippen LogP contribution in [0, 0.1) is 0 Å². The second kappa shape index (κ2) is 3.76. The lowest BCUT2D eigenvalue weighted by molar-refractivity contribution is -0.150. The van der Waals surface area contributed by atoms with E-state index in [1.165, 1.54) is 17.8 Å². The molecule has 0 aromatic carbocycles. The molecular weight excluding hydrogens is 219 g/mol. The average molecular weight is 235 g/mol. The fraction of sp³-hybridized carbons (Fsp3) is 0.700.